The average molecular weight is 222 g/mol. The average Bonchev–Trinajstić information content (AvgIpc) is 2.27. The van der Waals surface area contributed by atoms with Crippen LogP contribution in [-0.2, 0) is 0 Å². The molecule has 0 radical (unpaired) electrons. The Labute approximate surface area is 96.4 Å². The molecule has 0 fully saturated rings. The van der Waals surface area contributed by atoms with Crippen molar-refractivity contribution in [2.75, 3.05) is 14.2 Å². The van der Waals surface area contributed by atoms with Crippen LogP contribution in [0.2, 0.25) is 0 Å². The molecule has 0 atom stereocenters. The van der Waals surface area contributed by atoms with Crippen LogP contribution in [0, 0.1) is 5.92 Å². The fourth-order valence-electron chi connectivity index (χ4n) is 1.50. The minimum absolute atomic E-state index is 0.135. The summed E-state index contributed by atoms with van der Waals surface area (Å²) in [7, 11) is 3.14. The summed E-state index contributed by atoms with van der Waals surface area (Å²) in [6.45, 7) is 4.05. The molecule has 16 heavy (non-hydrogen) atoms. The van der Waals surface area contributed by atoms with Crippen molar-refractivity contribution >= 4 is 5.78 Å². The lowest BCUT2D eigenvalue weighted by molar-refractivity contribution is 0.0967. The Morgan fingerprint density at radius 2 is 1.81 bits per heavy atom. The van der Waals surface area contributed by atoms with E-state index in [9.17, 15) is 4.79 Å². The highest BCUT2D eigenvalue weighted by Crippen LogP contribution is 2.28. The number of ether oxygens (including phenoxy) is 2. The van der Waals surface area contributed by atoms with Crippen LogP contribution in [0.25, 0.3) is 0 Å². The third kappa shape index (κ3) is 2.99. The van der Waals surface area contributed by atoms with Crippen molar-refractivity contribution in [3.63, 3.8) is 0 Å². The SMILES string of the molecule is COc1ccc(C(=O)CC(C)C)cc1OC. The first-order valence-corrected chi connectivity index (χ1v) is 5.33. The van der Waals surface area contributed by atoms with Gasteiger partial charge >= 0.3 is 0 Å². The zero-order chi connectivity index (χ0) is 12.1. The van der Waals surface area contributed by atoms with E-state index in [4.69, 9.17) is 9.47 Å². The normalized spacial score (nSPS) is 10.3. The van der Waals surface area contributed by atoms with Crippen LogP contribution in [0.5, 0.6) is 11.5 Å². The molecule has 1 aromatic carbocycles. The lowest BCUT2D eigenvalue weighted by Gasteiger charge is -2.09. The summed E-state index contributed by atoms with van der Waals surface area (Å²) in [5.41, 5.74) is 0.673. The first kappa shape index (κ1) is 12.6. The molecule has 0 saturated carbocycles. The zero-order valence-electron chi connectivity index (χ0n) is 10.2. The fraction of sp³-hybridized carbons (Fsp3) is 0.462. The van der Waals surface area contributed by atoms with E-state index in [1.807, 2.05) is 13.8 Å². The van der Waals surface area contributed by atoms with Crippen LogP contribution in [0.4, 0.5) is 0 Å². The Bertz CT molecular complexity index is 369. The van der Waals surface area contributed by atoms with Crippen molar-refractivity contribution in [2.45, 2.75) is 20.3 Å². The minimum Gasteiger partial charge on any atom is -0.493 e. The highest BCUT2D eigenvalue weighted by molar-refractivity contribution is 5.96. The highest BCUT2D eigenvalue weighted by atomic mass is 16.5. The maximum absolute atomic E-state index is 11.8. The number of hydrogen-bond acceptors (Lipinski definition) is 3. The van der Waals surface area contributed by atoms with Gasteiger partial charge in [0.15, 0.2) is 17.3 Å². The van der Waals surface area contributed by atoms with Gasteiger partial charge in [0.25, 0.3) is 0 Å². The molecule has 3 heteroatoms. The third-order valence-corrected chi connectivity index (χ3v) is 2.30. The van der Waals surface area contributed by atoms with Crippen LogP contribution < -0.4 is 9.47 Å². The van der Waals surface area contributed by atoms with Crippen LogP contribution in [0.15, 0.2) is 18.2 Å². The number of hydrogen-bond donors (Lipinski definition) is 0. The van der Waals surface area contributed by atoms with Crippen molar-refractivity contribution in [1.29, 1.82) is 0 Å². The standard InChI is InChI=1S/C13H18O3/c1-9(2)7-11(14)10-5-6-12(15-3)13(8-10)16-4/h5-6,8-9H,7H2,1-4H3. The topological polar surface area (TPSA) is 35.5 Å². The highest BCUT2D eigenvalue weighted by Gasteiger charge is 2.11. The van der Waals surface area contributed by atoms with E-state index in [0.29, 0.717) is 29.4 Å². The third-order valence-electron chi connectivity index (χ3n) is 2.30. The maximum Gasteiger partial charge on any atom is 0.163 e. The van der Waals surface area contributed by atoms with E-state index >= 15 is 0 Å². The molecule has 0 aromatic heterocycles. The molecule has 0 heterocycles. The van der Waals surface area contributed by atoms with Gasteiger partial charge in [0, 0.05) is 12.0 Å². The summed E-state index contributed by atoms with van der Waals surface area (Å²) >= 11 is 0. The van der Waals surface area contributed by atoms with Crippen molar-refractivity contribution in [2.24, 2.45) is 5.92 Å². The Balaban J connectivity index is 2.94. The predicted molar refractivity (Wildman–Crippen MR) is 63.3 cm³/mol. The first-order chi connectivity index (χ1) is 7.58. The second kappa shape index (κ2) is 5.54. The van der Waals surface area contributed by atoms with Crippen molar-refractivity contribution in [1.82, 2.24) is 0 Å². The van der Waals surface area contributed by atoms with Gasteiger partial charge in [-0.15, -0.1) is 0 Å². The van der Waals surface area contributed by atoms with E-state index in [0.717, 1.165) is 0 Å². The van der Waals surface area contributed by atoms with Gasteiger partial charge in [-0.2, -0.15) is 0 Å². The number of carbonyl (C=O) groups excluding carboxylic acids is 1. The molecule has 0 aliphatic carbocycles. The van der Waals surface area contributed by atoms with E-state index in [1.54, 1.807) is 32.4 Å². The number of rotatable bonds is 5. The Morgan fingerprint density at radius 3 is 2.31 bits per heavy atom. The largest absolute Gasteiger partial charge is 0.493 e. The first-order valence-electron chi connectivity index (χ1n) is 5.33. The predicted octanol–water partition coefficient (Wildman–Crippen LogP) is 2.93. The number of Topliss-reactive ketones (excluding diaryl/α,β-unsaturated/α-hetero) is 1. The molecule has 0 amide bonds. The molecule has 0 unspecified atom stereocenters. The Hall–Kier alpha value is -1.51. The minimum atomic E-state index is 0.135. The van der Waals surface area contributed by atoms with Gasteiger partial charge in [0.2, 0.25) is 0 Å². The summed E-state index contributed by atoms with van der Waals surface area (Å²) in [6, 6.07) is 5.25. The van der Waals surface area contributed by atoms with Crippen molar-refractivity contribution in [3.05, 3.63) is 23.8 Å². The van der Waals surface area contributed by atoms with E-state index in [1.165, 1.54) is 0 Å². The maximum atomic E-state index is 11.8. The van der Waals surface area contributed by atoms with E-state index in [-0.39, 0.29) is 5.78 Å². The van der Waals surface area contributed by atoms with Gasteiger partial charge in [0.1, 0.15) is 0 Å². The molecule has 88 valence electrons. The molecule has 0 aliphatic heterocycles. The summed E-state index contributed by atoms with van der Waals surface area (Å²) in [6.07, 6.45) is 0.551. The second-order valence-electron chi connectivity index (χ2n) is 4.09. The molecule has 0 aliphatic rings. The summed E-state index contributed by atoms with van der Waals surface area (Å²) < 4.78 is 10.3. The van der Waals surface area contributed by atoms with Gasteiger partial charge in [-0.05, 0) is 24.1 Å². The van der Waals surface area contributed by atoms with Crippen LogP contribution in [0.1, 0.15) is 30.6 Å². The molecule has 0 bridgehead atoms. The number of methoxy groups -OCH3 is 2. The smallest absolute Gasteiger partial charge is 0.163 e. The zero-order valence-corrected chi connectivity index (χ0v) is 10.2. The molecule has 3 nitrogen and oxygen atoms in total. The summed E-state index contributed by atoms with van der Waals surface area (Å²) in [5, 5.41) is 0. The van der Waals surface area contributed by atoms with Crippen molar-refractivity contribution < 1.29 is 14.3 Å². The van der Waals surface area contributed by atoms with Crippen molar-refractivity contribution in [3.8, 4) is 11.5 Å². The lowest BCUT2D eigenvalue weighted by Crippen LogP contribution is -2.04. The quantitative estimate of drug-likeness (QED) is 0.718. The summed E-state index contributed by atoms with van der Waals surface area (Å²) in [4.78, 5) is 11.8. The molecule has 1 aromatic rings. The molecular weight excluding hydrogens is 204 g/mol. The summed E-state index contributed by atoms with van der Waals surface area (Å²) in [5.74, 6) is 1.73. The Morgan fingerprint density at radius 1 is 1.19 bits per heavy atom. The molecular formula is C13H18O3. The van der Waals surface area contributed by atoms with Crippen LogP contribution >= 0.6 is 0 Å². The molecule has 1 rings (SSSR count). The fourth-order valence-corrected chi connectivity index (χ4v) is 1.50. The van der Waals surface area contributed by atoms with Gasteiger partial charge < -0.3 is 9.47 Å². The lowest BCUT2D eigenvalue weighted by atomic mass is 10.0. The second-order valence-corrected chi connectivity index (χ2v) is 4.09. The number of benzene rings is 1. The molecule has 0 N–H and O–H groups in total. The van der Waals surface area contributed by atoms with Gasteiger partial charge in [-0.1, -0.05) is 13.8 Å². The van der Waals surface area contributed by atoms with Gasteiger partial charge in [0.05, 0.1) is 14.2 Å². The molecule has 0 saturated heterocycles. The number of carbonyl (C=O) groups is 1. The Kier molecular flexibility index (Phi) is 4.35. The number of ketones is 1. The van der Waals surface area contributed by atoms with Gasteiger partial charge in [-0.25, -0.2) is 0 Å². The van der Waals surface area contributed by atoms with Gasteiger partial charge in [-0.3, -0.25) is 4.79 Å². The molecule has 0 spiro atoms. The van der Waals surface area contributed by atoms with Crippen LogP contribution in [0.3, 0.4) is 0 Å². The van der Waals surface area contributed by atoms with E-state index < -0.39 is 0 Å². The monoisotopic (exact) mass is 222 g/mol. The van der Waals surface area contributed by atoms with E-state index in [2.05, 4.69) is 0 Å². The van der Waals surface area contributed by atoms with Crippen LogP contribution in [-0.4, -0.2) is 20.0 Å².